The number of rotatable bonds is 5. The lowest BCUT2D eigenvalue weighted by Crippen LogP contribution is -2.16. The van der Waals surface area contributed by atoms with Crippen molar-refractivity contribution in [1.29, 1.82) is 0 Å². The third-order valence-corrected chi connectivity index (χ3v) is 11.7. The Hall–Kier alpha value is -6.91. The zero-order valence-corrected chi connectivity index (χ0v) is 30.5. The maximum absolute atomic E-state index is 14.8. The van der Waals surface area contributed by atoms with Gasteiger partial charge in [0, 0.05) is 55.4 Å². The standard InChI is InChI=1S/C51H36FN3/c1-51(2)45-20-9-6-17-39(45)40-26-23-36(30-46(40)51)53(37-24-27-43-41-18-7-10-21-47(41)54(49(43)31-37)34-14-4-3-5-15-34)38-25-28-44-42-19-8-11-22-48(42)55(50(44)32-38)35-16-12-13-33(52)29-35/h3-32H,1-2H3. The van der Waals surface area contributed by atoms with Crippen LogP contribution in [0.3, 0.4) is 0 Å². The van der Waals surface area contributed by atoms with Gasteiger partial charge in [0.15, 0.2) is 0 Å². The van der Waals surface area contributed by atoms with Crippen molar-refractivity contribution in [2.75, 3.05) is 4.90 Å². The third kappa shape index (κ3) is 4.68. The predicted molar refractivity (Wildman–Crippen MR) is 227 cm³/mol. The summed E-state index contributed by atoms with van der Waals surface area (Å²) in [7, 11) is 0. The molecule has 0 saturated carbocycles. The molecule has 4 heteroatoms. The van der Waals surface area contributed by atoms with Gasteiger partial charge in [0.1, 0.15) is 5.82 Å². The van der Waals surface area contributed by atoms with Gasteiger partial charge in [-0.05, 0) is 101 Å². The molecule has 262 valence electrons. The molecule has 0 N–H and O–H groups in total. The summed E-state index contributed by atoms with van der Waals surface area (Å²) >= 11 is 0. The summed E-state index contributed by atoms with van der Waals surface area (Å²) in [5.74, 6) is -0.259. The molecule has 1 aliphatic rings. The van der Waals surface area contributed by atoms with Gasteiger partial charge < -0.3 is 14.0 Å². The van der Waals surface area contributed by atoms with Crippen LogP contribution in [0.4, 0.5) is 21.5 Å². The predicted octanol–water partition coefficient (Wildman–Crippen LogP) is 13.8. The van der Waals surface area contributed by atoms with E-state index in [1.165, 1.54) is 44.6 Å². The minimum atomic E-state index is -0.259. The smallest absolute Gasteiger partial charge is 0.125 e. The maximum atomic E-state index is 14.8. The third-order valence-electron chi connectivity index (χ3n) is 11.7. The maximum Gasteiger partial charge on any atom is 0.125 e. The summed E-state index contributed by atoms with van der Waals surface area (Å²) in [6.07, 6.45) is 0. The topological polar surface area (TPSA) is 13.1 Å². The minimum Gasteiger partial charge on any atom is -0.310 e. The highest BCUT2D eigenvalue weighted by Gasteiger charge is 2.36. The van der Waals surface area contributed by atoms with Gasteiger partial charge in [0.05, 0.1) is 22.1 Å². The van der Waals surface area contributed by atoms with Crippen molar-refractivity contribution < 1.29 is 4.39 Å². The van der Waals surface area contributed by atoms with E-state index < -0.39 is 0 Å². The lowest BCUT2D eigenvalue weighted by molar-refractivity contribution is 0.627. The first-order valence-corrected chi connectivity index (χ1v) is 18.9. The highest BCUT2D eigenvalue weighted by Crippen LogP contribution is 2.51. The van der Waals surface area contributed by atoms with E-state index in [9.17, 15) is 4.39 Å². The number of nitrogens with zero attached hydrogens (tertiary/aromatic N) is 3. The van der Waals surface area contributed by atoms with Crippen LogP contribution in [0.25, 0.3) is 66.1 Å². The zero-order chi connectivity index (χ0) is 36.8. The molecular formula is C51H36FN3. The van der Waals surface area contributed by atoms with Crippen molar-refractivity contribution in [1.82, 2.24) is 9.13 Å². The van der Waals surface area contributed by atoms with E-state index in [-0.39, 0.29) is 11.2 Å². The molecule has 1 aliphatic carbocycles. The average molecular weight is 710 g/mol. The Labute approximate surface area is 318 Å². The minimum absolute atomic E-state index is 0.162. The fourth-order valence-electron chi connectivity index (χ4n) is 9.22. The second-order valence-corrected chi connectivity index (χ2v) is 15.2. The summed E-state index contributed by atoms with van der Waals surface area (Å²) in [5, 5.41) is 4.67. The normalized spacial score (nSPS) is 13.1. The SMILES string of the molecule is CC1(C)c2ccccc2-c2ccc(N(c3ccc4c5ccccc5n(-c5ccccc5)c4c3)c3ccc4c5ccccc5n(-c5cccc(F)c5)c4c3)cc21. The first-order valence-electron chi connectivity index (χ1n) is 18.9. The van der Waals surface area contributed by atoms with Gasteiger partial charge in [-0.15, -0.1) is 0 Å². The Morgan fingerprint density at radius 1 is 0.400 bits per heavy atom. The number of hydrogen-bond donors (Lipinski definition) is 0. The van der Waals surface area contributed by atoms with Crippen LogP contribution in [0.1, 0.15) is 25.0 Å². The van der Waals surface area contributed by atoms with Crippen LogP contribution in [-0.4, -0.2) is 9.13 Å². The first kappa shape index (κ1) is 31.6. The number of fused-ring (bicyclic) bond motifs is 9. The molecule has 8 aromatic carbocycles. The van der Waals surface area contributed by atoms with E-state index in [1.807, 2.05) is 6.07 Å². The number of aromatic nitrogens is 2. The molecule has 3 nitrogen and oxygen atoms in total. The summed E-state index contributed by atoms with van der Waals surface area (Å²) in [4.78, 5) is 2.39. The van der Waals surface area contributed by atoms with Gasteiger partial charge in [-0.2, -0.15) is 0 Å². The summed E-state index contributed by atoms with van der Waals surface area (Å²) in [6, 6.07) is 63.9. The van der Waals surface area contributed by atoms with Crippen molar-refractivity contribution in [3.63, 3.8) is 0 Å². The quantitative estimate of drug-likeness (QED) is 0.173. The monoisotopic (exact) mass is 709 g/mol. The molecule has 0 aliphatic heterocycles. The van der Waals surface area contributed by atoms with E-state index >= 15 is 0 Å². The molecule has 2 aromatic heterocycles. The van der Waals surface area contributed by atoms with E-state index in [4.69, 9.17) is 0 Å². The Bertz CT molecular complexity index is 3150. The lowest BCUT2D eigenvalue weighted by atomic mass is 9.82. The molecule has 0 amide bonds. The van der Waals surface area contributed by atoms with Crippen molar-refractivity contribution in [2.45, 2.75) is 19.3 Å². The van der Waals surface area contributed by atoms with E-state index in [0.29, 0.717) is 0 Å². The first-order chi connectivity index (χ1) is 27.0. The Morgan fingerprint density at radius 2 is 0.909 bits per heavy atom. The van der Waals surface area contributed by atoms with Gasteiger partial charge >= 0.3 is 0 Å². The molecule has 0 bridgehead atoms. The molecule has 0 saturated heterocycles. The fraction of sp³-hybridized carbons (Fsp3) is 0.0588. The second-order valence-electron chi connectivity index (χ2n) is 15.2. The molecule has 0 spiro atoms. The average Bonchev–Trinajstić information content (AvgIpc) is 3.81. The molecule has 10 aromatic rings. The Balaban J connectivity index is 1.19. The molecule has 0 unspecified atom stereocenters. The second kappa shape index (κ2) is 11.8. The van der Waals surface area contributed by atoms with E-state index in [1.54, 1.807) is 12.1 Å². The molecule has 0 atom stereocenters. The van der Waals surface area contributed by atoms with Gasteiger partial charge in [0.25, 0.3) is 0 Å². The van der Waals surface area contributed by atoms with Gasteiger partial charge in [-0.1, -0.05) is 117 Å². The van der Waals surface area contributed by atoms with Crippen LogP contribution in [0, 0.1) is 5.82 Å². The summed E-state index contributed by atoms with van der Waals surface area (Å²) in [5.41, 5.74) is 14.5. The lowest BCUT2D eigenvalue weighted by Gasteiger charge is -2.28. The molecule has 0 fully saturated rings. The molecule has 0 radical (unpaired) electrons. The van der Waals surface area contributed by atoms with E-state index in [2.05, 4.69) is 186 Å². The van der Waals surface area contributed by atoms with Crippen LogP contribution in [0.5, 0.6) is 0 Å². The molecule has 2 heterocycles. The molecule has 55 heavy (non-hydrogen) atoms. The summed E-state index contributed by atoms with van der Waals surface area (Å²) in [6.45, 7) is 4.67. The Kier molecular flexibility index (Phi) is 6.78. The van der Waals surface area contributed by atoms with Crippen molar-refractivity contribution in [3.05, 3.63) is 199 Å². The fourth-order valence-corrected chi connectivity index (χ4v) is 9.22. The number of hydrogen-bond acceptors (Lipinski definition) is 1. The summed E-state index contributed by atoms with van der Waals surface area (Å²) < 4.78 is 19.4. The van der Waals surface area contributed by atoms with Gasteiger partial charge in [0.2, 0.25) is 0 Å². The van der Waals surface area contributed by atoms with Crippen LogP contribution in [-0.2, 0) is 5.41 Å². The van der Waals surface area contributed by atoms with Crippen molar-refractivity contribution >= 4 is 60.7 Å². The number of anilines is 3. The van der Waals surface area contributed by atoms with Gasteiger partial charge in [-0.3, -0.25) is 0 Å². The van der Waals surface area contributed by atoms with E-state index in [0.717, 1.165) is 55.8 Å². The van der Waals surface area contributed by atoms with Crippen molar-refractivity contribution in [3.8, 4) is 22.5 Å². The van der Waals surface area contributed by atoms with Crippen LogP contribution < -0.4 is 4.90 Å². The van der Waals surface area contributed by atoms with Crippen LogP contribution in [0.15, 0.2) is 182 Å². The molecule has 11 rings (SSSR count). The number of halogens is 1. The zero-order valence-electron chi connectivity index (χ0n) is 30.5. The highest BCUT2D eigenvalue weighted by atomic mass is 19.1. The molecular weight excluding hydrogens is 674 g/mol. The van der Waals surface area contributed by atoms with Gasteiger partial charge in [-0.25, -0.2) is 4.39 Å². The van der Waals surface area contributed by atoms with Crippen LogP contribution >= 0.6 is 0 Å². The van der Waals surface area contributed by atoms with Crippen molar-refractivity contribution in [2.24, 2.45) is 0 Å². The number of para-hydroxylation sites is 3. The highest BCUT2D eigenvalue weighted by molar-refractivity contribution is 6.12. The largest absolute Gasteiger partial charge is 0.310 e. The number of benzene rings is 8. The Morgan fingerprint density at radius 3 is 1.58 bits per heavy atom. The van der Waals surface area contributed by atoms with Crippen LogP contribution in [0.2, 0.25) is 0 Å².